The lowest BCUT2D eigenvalue weighted by Gasteiger charge is -2.24. The first-order valence-electron chi connectivity index (χ1n) is 6.91. The highest BCUT2D eigenvalue weighted by molar-refractivity contribution is 5.51. The molecule has 1 heterocycles. The van der Waals surface area contributed by atoms with Gasteiger partial charge in [-0.15, -0.1) is 0 Å². The van der Waals surface area contributed by atoms with E-state index in [1.807, 2.05) is 36.4 Å². The second kappa shape index (κ2) is 7.52. The molecule has 0 aliphatic carbocycles. The van der Waals surface area contributed by atoms with E-state index in [-0.39, 0.29) is 0 Å². The number of nitrogen functional groups attached to an aromatic ring is 1. The SMILES string of the molecule is Nc1ccccc1OC/C=C/C=C/N1CCCCC1. The molecule has 1 fully saturated rings. The van der Waals surface area contributed by atoms with E-state index in [0.717, 1.165) is 5.75 Å². The van der Waals surface area contributed by atoms with Gasteiger partial charge in [-0.1, -0.05) is 18.2 Å². The molecule has 2 N–H and O–H groups in total. The highest BCUT2D eigenvalue weighted by Gasteiger charge is 2.03. The molecule has 0 amide bonds. The van der Waals surface area contributed by atoms with Crippen LogP contribution in [0.3, 0.4) is 0 Å². The molecule has 0 radical (unpaired) electrons. The van der Waals surface area contributed by atoms with Crippen molar-refractivity contribution in [1.82, 2.24) is 4.90 Å². The van der Waals surface area contributed by atoms with E-state index in [1.165, 1.54) is 32.4 Å². The molecule has 0 spiro atoms. The topological polar surface area (TPSA) is 38.5 Å². The van der Waals surface area contributed by atoms with E-state index in [4.69, 9.17) is 10.5 Å². The maximum atomic E-state index is 5.79. The Morgan fingerprint density at radius 1 is 1.11 bits per heavy atom. The van der Waals surface area contributed by atoms with Crippen LogP contribution in [0.4, 0.5) is 5.69 Å². The van der Waals surface area contributed by atoms with Gasteiger partial charge in [-0.2, -0.15) is 0 Å². The number of rotatable bonds is 5. The minimum Gasteiger partial charge on any atom is -0.487 e. The smallest absolute Gasteiger partial charge is 0.142 e. The number of piperidine rings is 1. The predicted molar refractivity (Wildman–Crippen MR) is 80.1 cm³/mol. The molecule has 0 aromatic heterocycles. The van der Waals surface area contributed by atoms with Gasteiger partial charge >= 0.3 is 0 Å². The molecule has 0 unspecified atom stereocenters. The number of nitrogens with zero attached hydrogens (tertiary/aromatic N) is 1. The Balaban J connectivity index is 1.69. The van der Waals surface area contributed by atoms with Crippen LogP contribution in [-0.2, 0) is 0 Å². The van der Waals surface area contributed by atoms with Crippen LogP contribution >= 0.6 is 0 Å². The lowest BCUT2D eigenvalue weighted by atomic mass is 10.1. The number of ether oxygens (including phenoxy) is 1. The Hall–Kier alpha value is -1.90. The van der Waals surface area contributed by atoms with Crippen molar-refractivity contribution in [3.63, 3.8) is 0 Å². The number of benzene rings is 1. The van der Waals surface area contributed by atoms with Gasteiger partial charge in [0.05, 0.1) is 5.69 Å². The summed E-state index contributed by atoms with van der Waals surface area (Å²) in [6.45, 7) is 2.90. The fraction of sp³-hybridized carbons (Fsp3) is 0.375. The lowest BCUT2D eigenvalue weighted by Crippen LogP contribution is -2.23. The van der Waals surface area contributed by atoms with E-state index in [2.05, 4.69) is 17.2 Å². The van der Waals surface area contributed by atoms with Crippen LogP contribution in [0.15, 0.2) is 48.7 Å². The molecule has 102 valence electrons. The Bertz CT molecular complexity index is 434. The van der Waals surface area contributed by atoms with Crippen LogP contribution < -0.4 is 10.5 Å². The Morgan fingerprint density at radius 2 is 1.89 bits per heavy atom. The average Bonchev–Trinajstić information content (AvgIpc) is 2.45. The van der Waals surface area contributed by atoms with E-state index < -0.39 is 0 Å². The minimum absolute atomic E-state index is 0.540. The summed E-state index contributed by atoms with van der Waals surface area (Å²) in [6.07, 6.45) is 12.2. The molecule has 1 saturated heterocycles. The number of para-hydroxylation sites is 2. The molecule has 2 rings (SSSR count). The Kier molecular flexibility index (Phi) is 5.35. The van der Waals surface area contributed by atoms with Crippen LogP contribution in [0.5, 0.6) is 5.75 Å². The van der Waals surface area contributed by atoms with Gasteiger partial charge in [0.1, 0.15) is 12.4 Å². The monoisotopic (exact) mass is 258 g/mol. The first-order valence-corrected chi connectivity index (χ1v) is 6.91. The summed E-state index contributed by atoms with van der Waals surface area (Å²) >= 11 is 0. The van der Waals surface area contributed by atoms with Crippen molar-refractivity contribution in [2.75, 3.05) is 25.4 Å². The molecule has 3 heteroatoms. The molecule has 0 saturated carbocycles. The summed E-state index contributed by atoms with van der Waals surface area (Å²) in [4.78, 5) is 2.36. The number of anilines is 1. The van der Waals surface area contributed by atoms with Crippen molar-refractivity contribution < 1.29 is 4.74 Å². The number of nitrogens with two attached hydrogens (primary N) is 1. The number of allylic oxidation sites excluding steroid dienone is 2. The number of likely N-dealkylation sites (tertiary alicyclic amines) is 1. The van der Waals surface area contributed by atoms with E-state index in [1.54, 1.807) is 0 Å². The van der Waals surface area contributed by atoms with Crippen LogP contribution in [-0.4, -0.2) is 24.6 Å². The summed E-state index contributed by atoms with van der Waals surface area (Å²) in [5, 5.41) is 0. The van der Waals surface area contributed by atoms with Crippen molar-refractivity contribution >= 4 is 5.69 Å². The van der Waals surface area contributed by atoms with Gasteiger partial charge in [0.25, 0.3) is 0 Å². The standard InChI is InChI=1S/C16H22N2O/c17-15-9-3-4-10-16(15)19-14-8-2-7-13-18-11-5-1-6-12-18/h2-4,7-10,13H,1,5-6,11-12,14,17H2/b8-2+,13-7+. The third-order valence-electron chi connectivity index (χ3n) is 3.19. The average molecular weight is 258 g/mol. The van der Waals surface area contributed by atoms with Crippen LogP contribution in [0.2, 0.25) is 0 Å². The highest BCUT2D eigenvalue weighted by atomic mass is 16.5. The summed E-state index contributed by atoms with van der Waals surface area (Å²) in [6, 6.07) is 7.55. The van der Waals surface area contributed by atoms with Gasteiger partial charge in [0, 0.05) is 13.1 Å². The van der Waals surface area contributed by atoms with E-state index in [0.29, 0.717) is 12.3 Å². The second-order valence-electron chi connectivity index (χ2n) is 4.72. The van der Waals surface area contributed by atoms with E-state index in [9.17, 15) is 0 Å². The zero-order valence-corrected chi connectivity index (χ0v) is 11.3. The molecular formula is C16H22N2O. The first kappa shape index (κ1) is 13.5. The van der Waals surface area contributed by atoms with E-state index >= 15 is 0 Å². The molecule has 1 aliphatic heterocycles. The largest absolute Gasteiger partial charge is 0.487 e. The van der Waals surface area contributed by atoms with Gasteiger partial charge in [0.15, 0.2) is 0 Å². The van der Waals surface area contributed by atoms with Crippen LogP contribution in [0, 0.1) is 0 Å². The first-order chi connectivity index (χ1) is 9.36. The quantitative estimate of drug-likeness (QED) is 0.651. The van der Waals surface area contributed by atoms with Crippen molar-refractivity contribution in [2.24, 2.45) is 0 Å². The van der Waals surface area contributed by atoms with Gasteiger partial charge in [-0.25, -0.2) is 0 Å². The molecule has 0 atom stereocenters. The third-order valence-corrected chi connectivity index (χ3v) is 3.19. The Labute approximate surface area is 115 Å². The fourth-order valence-corrected chi connectivity index (χ4v) is 2.12. The third kappa shape index (κ3) is 4.70. The maximum Gasteiger partial charge on any atom is 0.142 e. The van der Waals surface area contributed by atoms with Crippen molar-refractivity contribution in [2.45, 2.75) is 19.3 Å². The zero-order chi connectivity index (χ0) is 13.3. The molecule has 3 nitrogen and oxygen atoms in total. The van der Waals surface area contributed by atoms with Crippen LogP contribution in [0.25, 0.3) is 0 Å². The lowest BCUT2D eigenvalue weighted by molar-refractivity contribution is 0.309. The minimum atomic E-state index is 0.540. The summed E-state index contributed by atoms with van der Waals surface area (Å²) in [7, 11) is 0. The molecule has 19 heavy (non-hydrogen) atoms. The molecule has 1 aliphatic rings. The highest BCUT2D eigenvalue weighted by Crippen LogP contribution is 2.19. The van der Waals surface area contributed by atoms with Gasteiger partial charge < -0.3 is 15.4 Å². The summed E-state index contributed by atoms with van der Waals surface area (Å²) < 4.78 is 5.57. The second-order valence-corrected chi connectivity index (χ2v) is 4.72. The van der Waals surface area contributed by atoms with Crippen LogP contribution in [0.1, 0.15) is 19.3 Å². The molecule has 1 aromatic rings. The summed E-state index contributed by atoms with van der Waals surface area (Å²) in [5.41, 5.74) is 6.47. The van der Waals surface area contributed by atoms with Crippen molar-refractivity contribution in [1.29, 1.82) is 0 Å². The summed E-state index contributed by atoms with van der Waals surface area (Å²) in [5.74, 6) is 0.743. The Morgan fingerprint density at radius 3 is 2.68 bits per heavy atom. The number of hydrogen-bond acceptors (Lipinski definition) is 3. The molecular weight excluding hydrogens is 236 g/mol. The fourth-order valence-electron chi connectivity index (χ4n) is 2.12. The molecule has 1 aromatic carbocycles. The predicted octanol–water partition coefficient (Wildman–Crippen LogP) is 3.20. The van der Waals surface area contributed by atoms with Crippen molar-refractivity contribution in [3.8, 4) is 5.75 Å². The van der Waals surface area contributed by atoms with Gasteiger partial charge in [-0.3, -0.25) is 0 Å². The number of hydrogen-bond donors (Lipinski definition) is 1. The molecule has 0 bridgehead atoms. The maximum absolute atomic E-state index is 5.79. The van der Waals surface area contributed by atoms with Gasteiger partial charge in [0.2, 0.25) is 0 Å². The van der Waals surface area contributed by atoms with Gasteiger partial charge in [-0.05, 0) is 49.7 Å². The zero-order valence-electron chi connectivity index (χ0n) is 11.3. The van der Waals surface area contributed by atoms with Crippen molar-refractivity contribution in [3.05, 3.63) is 48.7 Å². The normalized spacial score (nSPS) is 16.3.